The maximum atomic E-state index is 11.2. The molecule has 0 aliphatic heterocycles. The van der Waals surface area contributed by atoms with Crippen LogP contribution in [0, 0.1) is 0 Å². The first-order valence-corrected chi connectivity index (χ1v) is 3.99. The summed E-state index contributed by atoms with van der Waals surface area (Å²) >= 11 is 0. The summed E-state index contributed by atoms with van der Waals surface area (Å²) in [7, 11) is 1.40. The molecule has 73 valence electrons. The molecule has 0 saturated carbocycles. The number of rotatable bonds is 3. The van der Waals surface area contributed by atoms with Crippen molar-refractivity contribution in [2.45, 2.75) is 26.3 Å². The van der Waals surface area contributed by atoms with Gasteiger partial charge in [0.1, 0.15) is 6.04 Å². The third-order valence-electron chi connectivity index (χ3n) is 1.56. The van der Waals surface area contributed by atoms with Crippen molar-refractivity contribution in [2.75, 3.05) is 7.05 Å². The van der Waals surface area contributed by atoms with E-state index in [-0.39, 0.29) is 6.42 Å². The third-order valence-corrected chi connectivity index (χ3v) is 1.56. The molecule has 0 aliphatic carbocycles. The first kappa shape index (κ1) is 11.6. The highest BCUT2D eigenvalue weighted by atomic mass is 16.2. The predicted molar refractivity (Wildman–Crippen MR) is 46.7 cm³/mol. The van der Waals surface area contributed by atoms with E-state index in [4.69, 9.17) is 0 Å². The molecule has 0 spiro atoms. The molecule has 0 heterocycles. The number of amides is 3. The Hall–Kier alpha value is -1.39. The van der Waals surface area contributed by atoms with Gasteiger partial charge in [-0.15, -0.1) is 0 Å². The maximum Gasteiger partial charge on any atom is 0.324 e. The minimum Gasteiger partial charge on any atom is -0.341 e. The van der Waals surface area contributed by atoms with Gasteiger partial charge < -0.3 is 5.32 Å². The molecule has 0 aromatic heterocycles. The molecule has 0 rings (SSSR count). The molecule has 1 N–H and O–H groups in total. The third kappa shape index (κ3) is 2.85. The Bertz CT molecular complexity index is 199. The average Bonchev–Trinajstić information content (AvgIpc) is 2.16. The van der Waals surface area contributed by atoms with E-state index in [1.54, 1.807) is 13.2 Å². The molecule has 1 radical (unpaired) electrons. The van der Waals surface area contributed by atoms with E-state index in [1.165, 1.54) is 14.0 Å². The molecule has 0 saturated heterocycles. The van der Waals surface area contributed by atoms with Crippen LogP contribution in [0.25, 0.3) is 0 Å². The summed E-state index contributed by atoms with van der Waals surface area (Å²) in [5.74, 6) is -0.393. The van der Waals surface area contributed by atoms with Crippen LogP contribution < -0.4 is 5.32 Å². The summed E-state index contributed by atoms with van der Waals surface area (Å²) in [4.78, 5) is 33.5. The quantitative estimate of drug-likeness (QED) is 0.676. The van der Waals surface area contributed by atoms with Crippen LogP contribution in [-0.4, -0.2) is 36.2 Å². The number of carbonyl (C=O) groups excluding carboxylic acids is 3. The smallest absolute Gasteiger partial charge is 0.324 e. The van der Waals surface area contributed by atoms with Gasteiger partial charge in [0.25, 0.3) is 0 Å². The standard InChI is InChI=1S/C8H13N2O3/c1-4-7(12)10(6(2)5-11)8(13)9-3/h6H,4H2,1-3H3,(H,9,13). The van der Waals surface area contributed by atoms with Crippen molar-refractivity contribution in [1.29, 1.82) is 0 Å². The number of hydrogen-bond acceptors (Lipinski definition) is 3. The number of nitrogens with one attached hydrogen (secondary N) is 1. The first-order chi connectivity index (χ1) is 6.08. The Morgan fingerprint density at radius 2 is 2.08 bits per heavy atom. The van der Waals surface area contributed by atoms with E-state index in [9.17, 15) is 14.4 Å². The average molecular weight is 185 g/mol. The molecule has 5 heteroatoms. The molecule has 1 unspecified atom stereocenters. The van der Waals surface area contributed by atoms with E-state index in [0.717, 1.165) is 4.90 Å². The summed E-state index contributed by atoms with van der Waals surface area (Å²) in [6.45, 7) is 3.06. The molecular formula is C8H13N2O3. The first-order valence-electron chi connectivity index (χ1n) is 3.99. The number of hydrogen-bond donors (Lipinski definition) is 1. The van der Waals surface area contributed by atoms with Gasteiger partial charge in [-0.2, -0.15) is 0 Å². The number of nitrogens with zero attached hydrogens (tertiary/aromatic N) is 1. The largest absolute Gasteiger partial charge is 0.341 e. The highest BCUT2D eigenvalue weighted by molar-refractivity contribution is 5.96. The second kappa shape index (κ2) is 5.29. The van der Waals surface area contributed by atoms with Gasteiger partial charge in [-0.1, -0.05) is 6.92 Å². The highest BCUT2D eigenvalue weighted by Gasteiger charge is 2.24. The highest BCUT2D eigenvalue weighted by Crippen LogP contribution is 2.00. The Morgan fingerprint density at radius 3 is 2.38 bits per heavy atom. The van der Waals surface area contributed by atoms with Crippen LogP contribution in [0.4, 0.5) is 4.79 Å². The Morgan fingerprint density at radius 1 is 1.54 bits per heavy atom. The molecule has 5 nitrogen and oxygen atoms in total. The molecule has 0 bridgehead atoms. The second-order valence-corrected chi connectivity index (χ2v) is 2.47. The minimum absolute atomic E-state index is 0.180. The summed E-state index contributed by atoms with van der Waals surface area (Å²) in [6.07, 6.45) is 1.77. The van der Waals surface area contributed by atoms with Gasteiger partial charge in [0.05, 0.1) is 0 Å². The molecule has 3 amide bonds. The van der Waals surface area contributed by atoms with Crippen LogP contribution in [0.1, 0.15) is 20.3 Å². The molecule has 0 aromatic carbocycles. The molecular weight excluding hydrogens is 172 g/mol. The van der Waals surface area contributed by atoms with E-state index >= 15 is 0 Å². The summed E-state index contributed by atoms with van der Waals surface area (Å²) in [5, 5.41) is 2.28. The Balaban J connectivity index is 4.63. The Kier molecular flexibility index (Phi) is 4.72. The summed E-state index contributed by atoms with van der Waals surface area (Å²) < 4.78 is 0. The van der Waals surface area contributed by atoms with Gasteiger partial charge in [-0.3, -0.25) is 14.5 Å². The zero-order valence-corrected chi connectivity index (χ0v) is 7.96. The number of imide groups is 1. The van der Waals surface area contributed by atoms with Crippen LogP contribution in [-0.2, 0) is 9.59 Å². The lowest BCUT2D eigenvalue weighted by atomic mass is 10.3. The van der Waals surface area contributed by atoms with E-state index in [2.05, 4.69) is 5.32 Å². The lowest BCUT2D eigenvalue weighted by Gasteiger charge is -2.21. The van der Waals surface area contributed by atoms with Crippen LogP contribution >= 0.6 is 0 Å². The van der Waals surface area contributed by atoms with Crippen molar-refractivity contribution in [1.82, 2.24) is 10.2 Å². The minimum atomic E-state index is -0.840. The fourth-order valence-corrected chi connectivity index (χ4v) is 0.849. The van der Waals surface area contributed by atoms with Crippen molar-refractivity contribution in [3.05, 3.63) is 0 Å². The molecule has 0 aliphatic rings. The fourth-order valence-electron chi connectivity index (χ4n) is 0.849. The van der Waals surface area contributed by atoms with Crippen molar-refractivity contribution < 1.29 is 14.4 Å². The van der Waals surface area contributed by atoms with E-state index < -0.39 is 18.0 Å². The predicted octanol–water partition coefficient (Wildman–Crippen LogP) is 0.0626. The van der Waals surface area contributed by atoms with Gasteiger partial charge in [0.15, 0.2) is 0 Å². The normalized spacial score (nSPS) is 11.6. The van der Waals surface area contributed by atoms with Crippen LogP contribution in [0.3, 0.4) is 0 Å². The van der Waals surface area contributed by atoms with E-state index in [0.29, 0.717) is 0 Å². The van der Waals surface area contributed by atoms with Crippen molar-refractivity contribution in [3.63, 3.8) is 0 Å². The van der Waals surface area contributed by atoms with Crippen molar-refractivity contribution in [2.24, 2.45) is 0 Å². The SMILES string of the molecule is CCC(=O)N(C(=O)NC)C(C)[C]=O. The monoisotopic (exact) mass is 185 g/mol. The number of carbonyl (C=O) groups is 2. The van der Waals surface area contributed by atoms with Gasteiger partial charge in [-0.05, 0) is 6.92 Å². The van der Waals surface area contributed by atoms with E-state index in [1.807, 2.05) is 0 Å². The topological polar surface area (TPSA) is 66.5 Å². The maximum absolute atomic E-state index is 11.2. The molecule has 0 aromatic rings. The summed E-state index contributed by atoms with van der Waals surface area (Å²) in [6, 6.07) is -1.42. The van der Waals surface area contributed by atoms with Crippen LogP contribution in [0.15, 0.2) is 0 Å². The zero-order chi connectivity index (χ0) is 10.4. The van der Waals surface area contributed by atoms with Gasteiger partial charge in [0.2, 0.25) is 12.2 Å². The van der Waals surface area contributed by atoms with Crippen LogP contribution in [0.2, 0.25) is 0 Å². The lowest BCUT2D eigenvalue weighted by Crippen LogP contribution is -2.47. The van der Waals surface area contributed by atoms with Gasteiger partial charge in [0, 0.05) is 13.5 Å². The van der Waals surface area contributed by atoms with Crippen molar-refractivity contribution in [3.8, 4) is 0 Å². The molecule has 13 heavy (non-hydrogen) atoms. The number of urea groups is 1. The second-order valence-electron chi connectivity index (χ2n) is 2.47. The fraction of sp³-hybridized carbons (Fsp3) is 0.625. The van der Waals surface area contributed by atoms with Crippen LogP contribution in [0.5, 0.6) is 0 Å². The van der Waals surface area contributed by atoms with Gasteiger partial charge >= 0.3 is 6.03 Å². The Labute approximate surface area is 77.1 Å². The summed E-state index contributed by atoms with van der Waals surface area (Å²) in [5.41, 5.74) is 0. The zero-order valence-electron chi connectivity index (χ0n) is 7.96. The van der Waals surface area contributed by atoms with Gasteiger partial charge in [-0.25, -0.2) is 4.79 Å². The molecule has 0 fully saturated rings. The lowest BCUT2D eigenvalue weighted by molar-refractivity contribution is -0.128. The molecule has 1 atom stereocenters. The van der Waals surface area contributed by atoms with Crippen molar-refractivity contribution >= 4 is 18.2 Å².